The number of piperazine rings is 1. The van der Waals surface area contributed by atoms with Crippen molar-refractivity contribution in [2.75, 3.05) is 38.0 Å². The number of rotatable bonds is 6. The second-order valence-electron chi connectivity index (χ2n) is 6.27. The van der Waals surface area contributed by atoms with Crippen molar-refractivity contribution < 1.29 is 4.79 Å². The third-order valence-corrected chi connectivity index (χ3v) is 4.34. The summed E-state index contributed by atoms with van der Waals surface area (Å²) in [5, 5.41) is 3.16. The van der Waals surface area contributed by atoms with E-state index in [1.807, 2.05) is 11.0 Å². The van der Waals surface area contributed by atoms with Gasteiger partial charge in [-0.05, 0) is 12.0 Å². The molecule has 1 saturated heterocycles. The number of benzene rings is 1. The highest BCUT2D eigenvalue weighted by Gasteiger charge is 2.23. The lowest BCUT2D eigenvalue weighted by atomic mass is 10.2. The highest BCUT2D eigenvalue weighted by atomic mass is 16.2. The van der Waals surface area contributed by atoms with Gasteiger partial charge in [-0.2, -0.15) is 0 Å². The fourth-order valence-electron chi connectivity index (χ4n) is 2.90. The van der Waals surface area contributed by atoms with Gasteiger partial charge in [0, 0.05) is 39.3 Å². The maximum atomic E-state index is 12.6. The van der Waals surface area contributed by atoms with Gasteiger partial charge in [-0.1, -0.05) is 37.3 Å². The van der Waals surface area contributed by atoms with Crippen LogP contribution in [0.3, 0.4) is 0 Å². The number of aromatic nitrogens is 2. The Labute approximate surface area is 148 Å². The summed E-state index contributed by atoms with van der Waals surface area (Å²) in [5.74, 6) is 0.681. The SMILES string of the molecule is CCCNc1cnc(C(=O)N2CCN(Cc3ccccc3)CC2)cn1. The van der Waals surface area contributed by atoms with Gasteiger partial charge < -0.3 is 10.2 Å². The minimum Gasteiger partial charge on any atom is -0.369 e. The lowest BCUT2D eigenvalue weighted by Gasteiger charge is -2.34. The molecule has 25 heavy (non-hydrogen) atoms. The zero-order valence-electron chi connectivity index (χ0n) is 14.7. The summed E-state index contributed by atoms with van der Waals surface area (Å²) in [6.45, 7) is 7.09. The fraction of sp³-hybridized carbons (Fsp3) is 0.421. The van der Waals surface area contributed by atoms with Gasteiger partial charge in [0.1, 0.15) is 11.5 Å². The van der Waals surface area contributed by atoms with Crippen molar-refractivity contribution in [1.82, 2.24) is 19.8 Å². The van der Waals surface area contributed by atoms with E-state index in [0.29, 0.717) is 11.5 Å². The zero-order chi connectivity index (χ0) is 17.5. The molecule has 6 heteroatoms. The van der Waals surface area contributed by atoms with E-state index in [4.69, 9.17) is 0 Å². The average Bonchev–Trinajstić information content (AvgIpc) is 2.68. The van der Waals surface area contributed by atoms with Gasteiger partial charge in [0.2, 0.25) is 0 Å². The van der Waals surface area contributed by atoms with Crippen molar-refractivity contribution >= 4 is 11.7 Å². The Morgan fingerprint density at radius 2 is 1.84 bits per heavy atom. The van der Waals surface area contributed by atoms with Crippen molar-refractivity contribution in [3.63, 3.8) is 0 Å². The van der Waals surface area contributed by atoms with Crippen LogP contribution in [0.2, 0.25) is 0 Å². The van der Waals surface area contributed by atoms with Crippen LogP contribution in [0.15, 0.2) is 42.7 Å². The van der Waals surface area contributed by atoms with Gasteiger partial charge in [-0.3, -0.25) is 9.69 Å². The Balaban J connectivity index is 1.51. The molecule has 0 spiro atoms. The highest BCUT2D eigenvalue weighted by Crippen LogP contribution is 2.11. The number of nitrogens with one attached hydrogen (secondary N) is 1. The molecule has 6 nitrogen and oxygen atoms in total. The number of carbonyl (C=O) groups excluding carboxylic acids is 1. The van der Waals surface area contributed by atoms with Gasteiger partial charge in [0.05, 0.1) is 12.4 Å². The van der Waals surface area contributed by atoms with Crippen LogP contribution in [0, 0.1) is 0 Å². The topological polar surface area (TPSA) is 61.4 Å². The van der Waals surface area contributed by atoms with Gasteiger partial charge in [-0.15, -0.1) is 0 Å². The van der Waals surface area contributed by atoms with Crippen LogP contribution in [0.4, 0.5) is 5.82 Å². The molecule has 0 unspecified atom stereocenters. The predicted molar refractivity (Wildman–Crippen MR) is 98.4 cm³/mol. The van der Waals surface area contributed by atoms with E-state index in [0.717, 1.165) is 45.7 Å². The normalized spacial score (nSPS) is 15.2. The molecule has 1 aliphatic heterocycles. The summed E-state index contributed by atoms with van der Waals surface area (Å²) in [5.41, 5.74) is 1.72. The molecule has 2 heterocycles. The van der Waals surface area contributed by atoms with Crippen molar-refractivity contribution in [3.05, 3.63) is 54.0 Å². The molecule has 0 atom stereocenters. The molecule has 0 radical (unpaired) electrons. The quantitative estimate of drug-likeness (QED) is 0.875. The first-order chi connectivity index (χ1) is 12.3. The standard InChI is InChI=1S/C19H25N5O/c1-2-8-20-18-14-21-17(13-22-18)19(25)24-11-9-23(10-12-24)15-16-6-4-3-5-7-16/h3-7,13-14H,2,8-12,15H2,1H3,(H,20,22). The molecule has 1 fully saturated rings. The van der Waals surface area contributed by atoms with E-state index >= 15 is 0 Å². The van der Waals surface area contributed by atoms with Crippen LogP contribution >= 0.6 is 0 Å². The molecule has 3 rings (SSSR count). The van der Waals surface area contributed by atoms with Crippen LogP contribution in [-0.2, 0) is 6.54 Å². The van der Waals surface area contributed by atoms with Crippen LogP contribution in [-0.4, -0.2) is 58.4 Å². The molecule has 0 saturated carbocycles. The molecular weight excluding hydrogens is 314 g/mol. The summed E-state index contributed by atoms with van der Waals surface area (Å²) in [6.07, 6.45) is 4.22. The summed E-state index contributed by atoms with van der Waals surface area (Å²) in [6, 6.07) is 10.4. The smallest absolute Gasteiger partial charge is 0.274 e. The zero-order valence-corrected chi connectivity index (χ0v) is 14.7. The maximum absolute atomic E-state index is 12.6. The first-order valence-corrected chi connectivity index (χ1v) is 8.87. The number of anilines is 1. The van der Waals surface area contributed by atoms with Gasteiger partial charge in [0.25, 0.3) is 5.91 Å². The number of hydrogen-bond acceptors (Lipinski definition) is 5. The second kappa shape index (κ2) is 8.58. The molecule has 1 aromatic carbocycles. The van der Waals surface area contributed by atoms with Crippen molar-refractivity contribution in [2.24, 2.45) is 0 Å². The Kier molecular flexibility index (Phi) is 5.95. The van der Waals surface area contributed by atoms with Gasteiger partial charge in [-0.25, -0.2) is 9.97 Å². The molecule has 1 aliphatic rings. The average molecular weight is 339 g/mol. The summed E-state index contributed by atoms with van der Waals surface area (Å²) >= 11 is 0. The molecule has 0 aliphatic carbocycles. The van der Waals surface area contributed by atoms with Gasteiger partial charge >= 0.3 is 0 Å². The summed E-state index contributed by atoms with van der Waals surface area (Å²) in [4.78, 5) is 25.4. The monoisotopic (exact) mass is 339 g/mol. The lowest BCUT2D eigenvalue weighted by Crippen LogP contribution is -2.48. The van der Waals surface area contributed by atoms with Gasteiger partial charge in [0.15, 0.2) is 0 Å². The van der Waals surface area contributed by atoms with E-state index in [1.165, 1.54) is 5.56 Å². The molecule has 1 N–H and O–H groups in total. The summed E-state index contributed by atoms with van der Waals surface area (Å²) in [7, 11) is 0. The van der Waals surface area contributed by atoms with Crippen LogP contribution in [0.5, 0.6) is 0 Å². The predicted octanol–water partition coefficient (Wildman–Crippen LogP) is 2.26. The fourth-order valence-corrected chi connectivity index (χ4v) is 2.90. The molecule has 1 aromatic heterocycles. The Hall–Kier alpha value is -2.47. The van der Waals surface area contributed by atoms with E-state index in [-0.39, 0.29) is 5.91 Å². The number of nitrogens with zero attached hydrogens (tertiary/aromatic N) is 4. The van der Waals surface area contributed by atoms with E-state index in [1.54, 1.807) is 12.4 Å². The minimum absolute atomic E-state index is 0.0334. The van der Waals surface area contributed by atoms with E-state index in [9.17, 15) is 4.79 Å². The van der Waals surface area contributed by atoms with Crippen LogP contribution in [0.1, 0.15) is 29.4 Å². The summed E-state index contributed by atoms with van der Waals surface area (Å²) < 4.78 is 0. The van der Waals surface area contributed by atoms with Crippen molar-refractivity contribution in [1.29, 1.82) is 0 Å². The highest BCUT2D eigenvalue weighted by molar-refractivity contribution is 5.92. The van der Waals surface area contributed by atoms with Crippen molar-refractivity contribution in [2.45, 2.75) is 19.9 Å². The number of amides is 1. The van der Waals surface area contributed by atoms with E-state index < -0.39 is 0 Å². The Morgan fingerprint density at radius 3 is 2.48 bits per heavy atom. The third kappa shape index (κ3) is 4.76. The van der Waals surface area contributed by atoms with Crippen LogP contribution < -0.4 is 5.32 Å². The van der Waals surface area contributed by atoms with Crippen LogP contribution in [0.25, 0.3) is 0 Å². The Bertz CT molecular complexity index is 666. The molecule has 0 bridgehead atoms. The minimum atomic E-state index is -0.0334. The molecule has 1 amide bonds. The first kappa shape index (κ1) is 17.4. The maximum Gasteiger partial charge on any atom is 0.274 e. The Morgan fingerprint density at radius 1 is 1.08 bits per heavy atom. The largest absolute Gasteiger partial charge is 0.369 e. The molecular formula is C19H25N5O. The lowest BCUT2D eigenvalue weighted by molar-refractivity contribution is 0.0622. The van der Waals surface area contributed by atoms with E-state index in [2.05, 4.69) is 51.4 Å². The first-order valence-electron chi connectivity index (χ1n) is 8.87. The van der Waals surface area contributed by atoms with Crippen molar-refractivity contribution in [3.8, 4) is 0 Å². The second-order valence-corrected chi connectivity index (χ2v) is 6.27. The molecule has 132 valence electrons. The number of carbonyl (C=O) groups is 1. The molecule has 2 aromatic rings. The number of hydrogen-bond donors (Lipinski definition) is 1. The third-order valence-electron chi connectivity index (χ3n) is 4.34.